The number of rotatable bonds is 4. The minimum absolute atomic E-state index is 0.710. The molecule has 1 aromatic heterocycles. The van der Waals surface area contributed by atoms with Gasteiger partial charge < -0.3 is 5.32 Å². The van der Waals surface area contributed by atoms with Gasteiger partial charge in [0, 0.05) is 22.8 Å². The second kappa shape index (κ2) is 5.94. The van der Waals surface area contributed by atoms with Gasteiger partial charge in [0.2, 0.25) is 0 Å². The molecule has 1 atom stereocenters. The number of nitrogens with one attached hydrogen (secondary N) is 1. The van der Waals surface area contributed by atoms with E-state index in [1.807, 2.05) is 11.3 Å². The lowest BCUT2D eigenvalue weighted by atomic mass is 9.83. The third kappa shape index (κ3) is 2.79. The Morgan fingerprint density at radius 1 is 1.05 bits per heavy atom. The minimum Gasteiger partial charge on any atom is -0.311 e. The predicted molar refractivity (Wildman–Crippen MR) is 90.2 cm³/mol. The Morgan fingerprint density at radius 2 is 1.95 bits per heavy atom. The molecule has 2 aromatic rings. The van der Waals surface area contributed by atoms with E-state index >= 15 is 0 Å². The normalized spacial score (nSPS) is 20.3. The molecule has 0 fully saturated rings. The highest BCUT2D eigenvalue weighted by Crippen LogP contribution is 2.32. The van der Waals surface area contributed by atoms with Crippen LogP contribution in [0.15, 0.2) is 30.3 Å². The van der Waals surface area contributed by atoms with Gasteiger partial charge in [0.05, 0.1) is 0 Å². The summed E-state index contributed by atoms with van der Waals surface area (Å²) in [4.78, 5) is 3.18. The average molecular weight is 297 g/mol. The summed E-state index contributed by atoms with van der Waals surface area (Å²) in [5.41, 5.74) is 4.79. The van der Waals surface area contributed by atoms with E-state index in [1.54, 1.807) is 21.6 Å². The number of thiophene rings is 1. The highest BCUT2D eigenvalue weighted by Gasteiger charge is 2.19. The maximum absolute atomic E-state index is 3.71. The number of benzene rings is 1. The number of fused-ring (bicyclic) bond motifs is 2. The first-order chi connectivity index (χ1) is 10.4. The van der Waals surface area contributed by atoms with Gasteiger partial charge in [-0.15, -0.1) is 11.3 Å². The van der Waals surface area contributed by atoms with Crippen molar-refractivity contribution >= 4 is 11.3 Å². The van der Waals surface area contributed by atoms with E-state index in [0.717, 1.165) is 13.1 Å². The summed E-state index contributed by atoms with van der Waals surface area (Å²) in [6, 6.07) is 11.5. The second-order valence-corrected chi connectivity index (χ2v) is 7.65. The van der Waals surface area contributed by atoms with E-state index in [0.29, 0.717) is 5.92 Å². The fourth-order valence-corrected chi connectivity index (χ4v) is 5.14. The standard InChI is InChI=1S/C19H23NS/c1-2-9-18-14(5-1)6-3-8-16(18)12-20-13-17-11-15-7-4-10-19(15)21-17/h1-2,5,9,11,16,20H,3-4,6-8,10,12-13H2. The molecule has 2 heteroatoms. The van der Waals surface area contributed by atoms with E-state index in [4.69, 9.17) is 0 Å². The van der Waals surface area contributed by atoms with Crippen molar-refractivity contribution in [2.75, 3.05) is 6.54 Å². The predicted octanol–water partition coefficient (Wildman–Crippen LogP) is 4.45. The lowest BCUT2D eigenvalue weighted by Crippen LogP contribution is -2.23. The quantitative estimate of drug-likeness (QED) is 0.879. The van der Waals surface area contributed by atoms with Crippen molar-refractivity contribution in [3.05, 3.63) is 56.8 Å². The summed E-state index contributed by atoms with van der Waals surface area (Å²) < 4.78 is 0. The second-order valence-electron chi connectivity index (χ2n) is 6.43. The maximum atomic E-state index is 3.71. The van der Waals surface area contributed by atoms with E-state index in [1.165, 1.54) is 43.4 Å². The van der Waals surface area contributed by atoms with E-state index < -0.39 is 0 Å². The fraction of sp³-hybridized carbons (Fsp3) is 0.474. The number of hydrogen-bond acceptors (Lipinski definition) is 2. The number of aryl methyl sites for hydroxylation is 3. The van der Waals surface area contributed by atoms with Crippen molar-refractivity contribution in [3.63, 3.8) is 0 Å². The maximum Gasteiger partial charge on any atom is 0.0300 e. The van der Waals surface area contributed by atoms with Crippen molar-refractivity contribution in [2.45, 2.75) is 51.0 Å². The van der Waals surface area contributed by atoms with E-state index in [9.17, 15) is 0 Å². The van der Waals surface area contributed by atoms with Gasteiger partial charge in [0.1, 0.15) is 0 Å². The molecule has 0 saturated carbocycles. The van der Waals surface area contributed by atoms with Crippen molar-refractivity contribution in [2.24, 2.45) is 0 Å². The molecular weight excluding hydrogens is 274 g/mol. The first kappa shape index (κ1) is 13.5. The summed E-state index contributed by atoms with van der Waals surface area (Å²) in [5.74, 6) is 0.710. The molecule has 110 valence electrons. The lowest BCUT2D eigenvalue weighted by molar-refractivity contribution is 0.508. The number of hydrogen-bond donors (Lipinski definition) is 1. The molecule has 2 aliphatic rings. The van der Waals surface area contributed by atoms with Crippen LogP contribution in [-0.4, -0.2) is 6.54 Å². The molecule has 0 saturated heterocycles. The summed E-state index contributed by atoms with van der Waals surface area (Å²) in [6.45, 7) is 2.18. The van der Waals surface area contributed by atoms with Crippen molar-refractivity contribution in [1.82, 2.24) is 5.32 Å². The summed E-state index contributed by atoms with van der Waals surface area (Å²) in [6.07, 6.45) is 7.94. The molecule has 1 N–H and O–H groups in total. The largest absolute Gasteiger partial charge is 0.311 e. The molecule has 21 heavy (non-hydrogen) atoms. The van der Waals surface area contributed by atoms with Crippen LogP contribution in [0.3, 0.4) is 0 Å². The van der Waals surface area contributed by atoms with Gasteiger partial charge in [0.15, 0.2) is 0 Å². The highest BCUT2D eigenvalue weighted by atomic mass is 32.1. The smallest absolute Gasteiger partial charge is 0.0300 e. The molecule has 2 aliphatic carbocycles. The molecule has 0 bridgehead atoms. The van der Waals surface area contributed by atoms with E-state index in [-0.39, 0.29) is 0 Å². The Morgan fingerprint density at radius 3 is 2.90 bits per heavy atom. The van der Waals surface area contributed by atoms with Crippen LogP contribution in [0.5, 0.6) is 0 Å². The van der Waals surface area contributed by atoms with Crippen LogP contribution in [-0.2, 0) is 25.8 Å². The zero-order chi connectivity index (χ0) is 14.1. The highest BCUT2D eigenvalue weighted by molar-refractivity contribution is 7.12. The Labute approximate surface area is 131 Å². The lowest BCUT2D eigenvalue weighted by Gasteiger charge is -2.25. The van der Waals surface area contributed by atoms with Gasteiger partial charge in [-0.2, -0.15) is 0 Å². The van der Waals surface area contributed by atoms with Crippen molar-refractivity contribution in [3.8, 4) is 0 Å². The molecule has 1 heterocycles. The molecule has 0 amide bonds. The van der Waals surface area contributed by atoms with Gasteiger partial charge >= 0.3 is 0 Å². The van der Waals surface area contributed by atoms with Crippen LogP contribution >= 0.6 is 11.3 Å². The molecule has 0 aliphatic heterocycles. The Kier molecular flexibility index (Phi) is 3.83. The topological polar surface area (TPSA) is 12.0 Å². The Hall–Kier alpha value is -1.12. The zero-order valence-electron chi connectivity index (χ0n) is 12.5. The summed E-state index contributed by atoms with van der Waals surface area (Å²) in [7, 11) is 0. The Balaban J connectivity index is 1.37. The van der Waals surface area contributed by atoms with Gasteiger partial charge in [-0.3, -0.25) is 0 Å². The molecule has 0 spiro atoms. The third-order valence-electron chi connectivity index (χ3n) is 4.98. The Bertz CT molecular complexity index is 607. The van der Waals surface area contributed by atoms with E-state index in [2.05, 4.69) is 35.6 Å². The zero-order valence-corrected chi connectivity index (χ0v) is 13.3. The first-order valence-electron chi connectivity index (χ1n) is 8.29. The van der Waals surface area contributed by atoms with Crippen LogP contribution < -0.4 is 5.32 Å². The first-order valence-corrected chi connectivity index (χ1v) is 9.11. The van der Waals surface area contributed by atoms with Crippen LogP contribution in [0, 0.1) is 0 Å². The van der Waals surface area contributed by atoms with Gasteiger partial charge in [-0.05, 0) is 67.2 Å². The van der Waals surface area contributed by atoms with Crippen LogP contribution in [0.4, 0.5) is 0 Å². The summed E-state index contributed by atoms with van der Waals surface area (Å²) >= 11 is 2.03. The van der Waals surface area contributed by atoms with Crippen LogP contribution in [0.2, 0.25) is 0 Å². The monoisotopic (exact) mass is 297 g/mol. The molecular formula is C19H23NS. The molecule has 0 radical (unpaired) electrons. The van der Waals surface area contributed by atoms with Crippen LogP contribution in [0.1, 0.15) is 51.6 Å². The molecule has 1 unspecified atom stereocenters. The van der Waals surface area contributed by atoms with Crippen LogP contribution in [0.25, 0.3) is 0 Å². The van der Waals surface area contributed by atoms with Crippen molar-refractivity contribution in [1.29, 1.82) is 0 Å². The molecule has 1 nitrogen and oxygen atoms in total. The third-order valence-corrected chi connectivity index (χ3v) is 6.22. The molecule has 4 rings (SSSR count). The SMILES string of the molecule is c1ccc2c(c1)CCCC2CNCc1cc2c(s1)CCC2. The van der Waals surface area contributed by atoms with Gasteiger partial charge in [-0.25, -0.2) is 0 Å². The van der Waals surface area contributed by atoms with Crippen molar-refractivity contribution < 1.29 is 0 Å². The van der Waals surface area contributed by atoms with Gasteiger partial charge in [0.25, 0.3) is 0 Å². The average Bonchev–Trinajstić information content (AvgIpc) is 3.09. The summed E-state index contributed by atoms with van der Waals surface area (Å²) in [5, 5.41) is 3.71. The minimum atomic E-state index is 0.710. The molecule has 1 aromatic carbocycles. The van der Waals surface area contributed by atoms with Gasteiger partial charge in [-0.1, -0.05) is 24.3 Å². The fourth-order valence-electron chi connectivity index (χ4n) is 3.91.